The van der Waals surface area contributed by atoms with E-state index in [0.29, 0.717) is 35.8 Å². The van der Waals surface area contributed by atoms with Crippen LogP contribution in [0, 0.1) is 20.8 Å². The SMILES string of the molecule is Cc1cc2oc(C(=O)N3CCCC(c4nc5c([nH]4)c(=O)n(C)c(=O)n5C)C3)c(C)c2cc1C. The van der Waals surface area contributed by atoms with E-state index >= 15 is 0 Å². The second kappa shape index (κ2) is 7.47. The third-order valence-electron chi connectivity index (χ3n) is 6.96. The van der Waals surface area contributed by atoms with Gasteiger partial charge in [0, 0.05) is 44.1 Å². The van der Waals surface area contributed by atoms with Crippen molar-refractivity contribution in [1.82, 2.24) is 24.0 Å². The quantitative estimate of drug-likeness (QED) is 0.506. The van der Waals surface area contributed by atoms with Crippen LogP contribution in [0.4, 0.5) is 0 Å². The molecule has 33 heavy (non-hydrogen) atoms. The molecule has 1 saturated heterocycles. The van der Waals surface area contributed by atoms with Crippen LogP contribution in [-0.2, 0) is 14.1 Å². The predicted molar refractivity (Wildman–Crippen MR) is 125 cm³/mol. The Labute approximate surface area is 189 Å². The van der Waals surface area contributed by atoms with Gasteiger partial charge in [-0.3, -0.25) is 18.7 Å². The van der Waals surface area contributed by atoms with Gasteiger partial charge in [-0.25, -0.2) is 9.78 Å². The Hall–Kier alpha value is -3.62. The van der Waals surface area contributed by atoms with Crippen molar-refractivity contribution < 1.29 is 9.21 Å². The molecule has 0 saturated carbocycles. The molecule has 0 aliphatic carbocycles. The van der Waals surface area contributed by atoms with Crippen LogP contribution in [0.15, 0.2) is 26.1 Å². The van der Waals surface area contributed by atoms with Gasteiger partial charge in [0.05, 0.1) is 0 Å². The zero-order chi connectivity index (χ0) is 23.6. The van der Waals surface area contributed by atoms with E-state index in [1.807, 2.05) is 26.8 Å². The number of furan rings is 1. The average molecular weight is 450 g/mol. The molecule has 0 spiro atoms. The van der Waals surface area contributed by atoms with E-state index in [1.165, 1.54) is 11.6 Å². The number of amides is 1. The minimum atomic E-state index is -0.420. The number of piperidine rings is 1. The summed E-state index contributed by atoms with van der Waals surface area (Å²) in [6.45, 7) is 7.09. The number of aromatic amines is 1. The molecule has 4 heterocycles. The van der Waals surface area contributed by atoms with Crippen molar-refractivity contribution in [3.63, 3.8) is 0 Å². The maximum atomic E-state index is 13.4. The Balaban J connectivity index is 1.48. The molecule has 1 aliphatic heterocycles. The number of carbonyl (C=O) groups excluding carboxylic acids is 1. The van der Waals surface area contributed by atoms with Gasteiger partial charge in [0.25, 0.3) is 11.5 Å². The van der Waals surface area contributed by atoms with Crippen molar-refractivity contribution in [2.75, 3.05) is 13.1 Å². The Bertz CT molecular complexity index is 1550. The third-order valence-corrected chi connectivity index (χ3v) is 6.96. The van der Waals surface area contributed by atoms with Crippen LogP contribution in [0.25, 0.3) is 22.1 Å². The van der Waals surface area contributed by atoms with Crippen molar-refractivity contribution in [3.8, 4) is 0 Å². The zero-order valence-corrected chi connectivity index (χ0v) is 19.5. The molecule has 4 aromatic rings. The minimum absolute atomic E-state index is 0.0657. The number of carbonyl (C=O) groups is 1. The normalized spacial score (nSPS) is 16.8. The number of nitrogens with one attached hydrogen (secondary N) is 1. The monoisotopic (exact) mass is 449 g/mol. The molecule has 3 aromatic heterocycles. The van der Waals surface area contributed by atoms with Gasteiger partial charge >= 0.3 is 5.69 Å². The third kappa shape index (κ3) is 3.21. The standard InChI is InChI=1S/C24H27N5O4/c1-12-9-16-14(3)19(33-17(16)10-13(12)2)23(31)29-8-6-7-15(11-29)20-25-18-21(26-20)27(4)24(32)28(5)22(18)30/h9-10,15H,6-8,11H2,1-5H3,(H,25,26). The number of imidazole rings is 1. The van der Waals surface area contributed by atoms with Crippen LogP contribution in [0.3, 0.4) is 0 Å². The molecule has 1 unspecified atom stereocenters. The summed E-state index contributed by atoms with van der Waals surface area (Å²) < 4.78 is 8.43. The van der Waals surface area contributed by atoms with E-state index in [4.69, 9.17) is 4.42 Å². The molecule has 9 nitrogen and oxygen atoms in total. The fraction of sp³-hybridized carbons (Fsp3) is 0.417. The van der Waals surface area contributed by atoms with Gasteiger partial charge < -0.3 is 14.3 Å². The summed E-state index contributed by atoms with van der Waals surface area (Å²) in [6, 6.07) is 4.05. The number of H-pyrrole nitrogens is 1. The van der Waals surface area contributed by atoms with Crippen LogP contribution in [0.1, 0.15) is 51.8 Å². The Morgan fingerprint density at radius 2 is 1.85 bits per heavy atom. The summed E-state index contributed by atoms with van der Waals surface area (Å²) in [5, 5.41) is 0.962. The first kappa shape index (κ1) is 21.2. The molecule has 0 radical (unpaired) electrons. The van der Waals surface area contributed by atoms with Crippen molar-refractivity contribution in [2.24, 2.45) is 14.1 Å². The summed E-state index contributed by atoms with van der Waals surface area (Å²) in [5.41, 5.74) is 3.67. The fourth-order valence-corrected chi connectivity index (χ4v) is 4.75. The zero-order valence-electron chi connectivity index (χ0n) is 19.5. The predicted octanol–water partition coefficient (Wildman–Crippen LogP) is 2.65. The summed E-state index contributed by atoms with van der Waals surface area (Å²) in [5.74, 6) is 0.789. The molecule has 1 atom stereocenters. The number of fused-ring (bicyclic) bond motifs is 2. The van der Waals surface area contributed by atoms with Crippen LogP contribution < -0.4 is 11.2 Å². The first-order valence-electron chi connectivity index (χ1n) is 11.1. The maximum Gasteiger partial charge on any atom is 0.332 e. The molecule has 1 aromatic carbocycles. The van der Waals surface area contributed by atoms with Crippen molar-refractivity contribution in [3.05, 3.63) is 61.2 Å². The fourth-order valence-electron chi connectivity index (χ4n) is 4.75. The highest BCUT2D eigenvalue weighted by Gasteiger charge is 2.31. The summed E-state index contributed by atoms with van der Waals surface area (Å²) >= 11 is 0. The number of nitrogens with zero attached hydrogens (tertiary/aromatic N) is 4. The van der Waals surface area contributed by atoms with Crippen molar-refractivity contribution in [2.45, 2.75) is 39.5 Å². The minimum Gasteiger partial charge on any atom is -0.451 e. The van der Waals surface area contributed by atoms with E-state index in [1.54, 1.807) is 11.9 Å². The lowest BCUT2D eigenvalue weighted by Crippen LogP contribution is -2.39. The number of hydrogen-bond acceptors (Lipinski definition) is 5. The summed E-state index contributed by atoms with van der Waals surface area (Å²) in [4.78, 5) is 47.7. The first-order valence-corrected chi connectivity index (χ1v) is 11.1. The molecule has 1 fully saturated rings. The van der Waals surface area contributed by atoms with E-state index < -0.39 is 11.2 Å². The van der Waals surface area contributed by atoms with E-state index in [-0.39, 0.29) is 11.8 Å². The van der Waals surface area contributed by atoms with Crippen LogP contribution in [-0.4, -0.2) is 43.0 Å². The molecule has 1 aliphatic rings. The number of benzene rings is 1. The molecular formula is C24H27N5O4. The van der Waals surface area contributed by atoms with E-state index in [0.717, 1.165) is 45.1 Å². The topological polar surface area (TPSA) is 106 Å². The van der Waals surface area contributed by atoms with Crippen LogP contribution in [0.2, 0.25) is 0 Å². The molecular weight excluding hydrogens is 422 g/mol. The summed E-state index contributed by atoms with van der Waals surface area (Å²) in [6.07, 6.45) is 1.64. The van der Waals surface area contributed by atoms with E-state index in [2.05, 4.69) is 16.0 Å². The Morgan fingerprint density at radius 3 is 2.61 bits per heavy atom. The second-order valence-electron chi connectivity index (χ2n) is 9.11. The van der Waals surface area contributed by atoms with Gasteiger partial charge in [0.2, 0.25) is 0 Å². The molecule has 1 N–H and O–H groups in total. The van der Waals surface area contributed by atoms with Crippen molar-refractivity contribution >= 4 is 28.0 Å². The molecule has 1 amide bonds. The van der Waals surface area contributed by atoms with E-state index in [9.17, 15) is 14.4 Å². The lowest BCUT2D eigenvalue weighted by atomic mass is 9.97. The number of rotatable bonds is 2. The van der Waals surface area contributed by atoms with Crippen molar-refractivity contribution in [1.29, 1.82) is 0 Å². The van der Waals surface area contributed by atoms with Gasteiger partial charge in [-0.05, 0) is 56.9 Å². The smallest absolute Gasteiger partial charge is 0.332 e. The Morgan fingerprint density at radius 1 is 1.12 bits per heavy atom. The number of likely N-dealkylation sites (tertiary alicyclic amines) is 1. The highest BCUT2D eigenvalue weighted by molar-refractivity contribution is 5.99. The van der Waals surface area contributed by atoms with Gasteiger partial charge in [-0.15, -0.1) is 0 Å². The lowest BCUT2D eigenvalue weighted by molar-refractivity contribution is 0.0674. The van der Waals surface area contributed by atoms with Crippen LogP contribution >= 0.6 is 0 Å². The lowest BCUT2D eigenvalue weighted by Gasteiger charge is -2.31. The molecule has 9 heteroatoms. The van der Waals surface area contributed by atoms with Gasteiger partial charge in [-0.2, -0.15) is 0 Å². The second-order valence-corrected chi connectivity index (χ2v) is 9.11. The largest absolute Gasteiger partial charge is 0.451 e. The highest BCUT2D eigenvalue weighted by atomic mass is 16.3. The number of aromatic nitrogens is 4. The van der Waals surface area contributed by atoms with Crippen LogP contribution in [0.5, 0.6) is 0 Å². The molecule has 5 rings (SSSR count). The number of hydrogen-bond donors (Lipinski definition) is 1. The van der Waals surface area contributed by atoms with Gasteiger partial charge in [-0.1, -0.05) is 0 Å². The maximum absolute atomic E-state index is 13.4. The van der Waals surface area contributed by atoms with Gasteiger partial charge in [0.1, 0.15) is 16.9 Å². The highest BCUT2D eigenvalue weighted by Crippen LogP contribution is 2.31. The molecule has 172 valence electrons. The number of aryl methyl sites for hydroxylation is 4. The average Bonchev–Trinajstić information content (AvgIpc) is 3.39. The van der Waals surface area contributed by atoms with Gasteiger partial charge in [0.15, 0.2) is 11.4 Å². The Kier molecular flexibility index (Phi) is 4.81. The first-order chi connectivity index (χ1) is 15.7. The molecule has 0 bridgehead atoms. The summed E-state index contributed by atoms with van der Waals surface area (Å²) in [7, 11) is 3.05.